The van der Waals surface area contributed by atoms with Crippen LogP contribution in [0.4, 0.5) is 0 Å². The summed E-state index contributed by atoms with van der Waals surface area (Å²) in [6.45, 7) is 0. The predicted octanol–water partition coefficient (Wildman–Crippen LogP) is -1.65. The minimum absolute atomic E-state index is 0.382. The Labute approximate surface area is 70.8 Å². The van der Waals surface area contributed by atoms with Crippen LogP contribution in [-0.4, -0.2) is 28.1 Å². The SMILES string of the molecule is O=[CH][W]([CH]=O)([CH]=O)([CH]=O)([CH]=O)[CH]=O. The molecular weight excluding hydrogens is 352 g/mol. The molecule has 0 amide bonds. The van der Waals surface area contributed by atoms with Gasteiger partial charge in [-0.15, -0.1) is 0 Å². The zero-order chi connectivity index (χ0) is 10.7. The molecule has 0 bridgehead atoms. The number of carbonyl (C=O) groups excluding carboxylic acids is 6. The van der Waals surface area contributed by atoms with E-state index in [1.54, 1.807) is 0 Å². The Bertz CT molecular complexity index is 233. The van der Waals surface area contributed by atoms with Gasteiger partial charge in [0, 0.05) is 0 Å². The first-order valence-corrected chi connectivity index (χ1v) is 13.0. The molecule has 0 atom stereocenters. The van der Waals surface area contributed by atoms with Crippen LogP contribution in [0.5, 0.6) is 0 Å². The Hall–Kier alpha value is -1.29. The van der Waals surface area contributed by atoms with Gasteiger partial charge in [0.05, 0.1) is 0 Å². The van der Waals surface area contributed by atoms with Crippen molar-refractivity contribution >= 4 is 28.1 Å². The van der Waals surface area contributed by atoms with Crippen LogP contribution in [0.25, 0.3) is 0 Å². The van der Waals surface area contributed by atoms with E-state index in [9.17, 15) is 28.8 Å². The van der Waals surface area contributed by atoms with Crippen LogP contribution < -0.4 is 0 Å². The van der Waals surface area contributed by atoms with Crippen molar-refractivity contribution in [1.29, 1.82) is 0 Å². The summed E-state index contributed by atoms with van der Waals surface area (Å²) in [5.41, 5.74) is 0. The molecular formula is C6H6O6W. The monoisotopic (exact) mass is 358 g/mol. The van der Waals surface area contributed by atoms with E-state index in [-0.39, 0.29) is 28.1 Å². The van der Waals surface area contributed by atoms with E-state index in [0.29, 0.717) is 0 Å². The van der Waals surface area contributed by atoms with E-state index >= 15 is 0 Å². The van der Waals surface area contributed by atoms with E-state index in [1.807, 2.05) is 0 Å². The van der Waals surface area contributed by atoms with Gasteiger partial charge in [-0.3, -0.25) is 0 Å². The van der Waals surface area contributed by atoms with E-state index in [2.05, 4.69) is 0 Å². The van der Waals surface area contributed by atoms with Crippen molar-refractivity contribution in [3.8, 4) is 0 Å². The molecule has 0 radical (unpaired) electrons. The Morgan fingerprint density at radius 3 is 0.615 bits per heavy atom. The van der Waals surface area contributed by atoms with E-state index < -0.39 is 13.6 Å². The van der Waals surface area contributed by atoms with Crippen molar-refractivity contribution in [2.24, 2.45) is 0 Å². The number of rotatable bonds is 6. The summed E-state index contributed by atoms with van der Waals surface area (Å²) in [5, 5.41) is 0. The van der Waals surface area contributed by atoms with Gasteiger partial charge in [-0.1, -0.05) is 0 Å². The van der Waals surface area contributed by atoms with Crippen molar-refractivity contribution in [2.45, 2.75) is 0 Å². The molecule has 0 aromatic carbocycles. The molecule has 7 heteroatoms. The summed E-state index contributed by atoms with van der Waals surface area (Å²) in [5.74, 6) is 0. The van der Waals surface area contributed by atoms with E-state index in [4.69, 9.17) is 0 Å². The molecule has 0 rings (SSSR count). The van der Waals surface area contributed by atoms with Gasteiger partial charge in [0.25, 0.3) is 0 Å². The van der Waals surface area contributed by atoms with Crippen LogP contribution in [0.2, 0.25) is 0 Å². The quantitative estimate of drug-likeness (QED) is 0.528. The second kappa shape index (κ2) is 2.60. The van der Waals surface area contributed by atoms with Gasteiger partial charge in [-0.25, -0.2) is 0 Å². The third-order valence-corrected chi connectivity index (χ3v) is 13.6. The van der Waals surface area contributed by atoms with Crippen LogP contribution in [0.1, 0.15) is 0 Å². The summed E-state index contributed by atoms with van der Waals surface area (Å²) in [6, 6.07) is 0. The molecule has 0 saturated carbocycles. The first-order valence-electron chi connectivity index (χ1n) is 2.83. The van der Waals surface area contributed by atoms with Gasteiger partial charge in [0.2, 0.25) is 0 Å². The zero-order valence-electron chi connectivity index (χ0n) is 6.32. The molecule has 0 unspecified atom stereocenters. The summed E-state index contributed by atoms with van der Waals surface area (Å²) in [6.07, 6.45) is 0. The zero-order valence-corrected chi connectivity index (χ0v) is 9.26. The second-order valence-electron chi connectivity index (χ2n) is 2.62. The third-order valence-electron chi connectivity index (χ3n) is 1.67. The Kier molecular flexibility index (Phi) is 2.34. The number of hydrogen-bond donors (Lipinski definition) is 0. The summed E-state index contributed by atoms with van der Waals surface area (Å²) in [4.78, 5) is 63.4. The summed E-state index contributed by atoms with van der Waals surface area (Å²) < 4.78 is -2.29. The molecule has 0 aromatic heterocycles. The van der Waals surface area contributed by atoms with Crippen molar-refractivity contribution in [3.63, 3.8) is 0 Å². The Balaban J connectivity index is 6.50. The normalized spacial score (nSPS) is 15.7. The maximum absolute atomic E-state index is 10.6. The molecule has 0 N–H and O–H groups in total. The minimum atomic E-state index is -6.79. The number of hydrogen-bond acceptors (Lipinski definition) is 6. The van der Waals surface area contributed by atoms with E-state index in [0.717, 1.165) is 0 Å². The maximum atomic E-state index is 10.6. The van der Waals surface area contributed by atoms with Gasteiger partial charge in [0.1, 0.15) is 0 Å². The van der Waals surface area contributed by atoms with Crippen LogP contribution in [-0.2, 0) is 42.3 Å². The fraction of sp³-hybridized carbons (Fsp3) is 0. The molecule has 13 heavy (non-hydrogen) atoms. The van der Waals surface area contributed by atoms with Gasteiger partial charge >= 0.3 is 70.4 Å². The molecule has 0 aliphatic carbocycles. The van der Waals surface area contributed by atoms with Gasteiger partial charge in [-0.05, 0) is 0 Å². The number of carbonyl (C=O) groups is 6. The van der Waals surface area contributed by atoms with Gasteiger partial charge < -0.3 is 0 Å². The molecule has 6 nitrogen and oxygen atoms in total. The molecule has 0 aliphatic heterocycles. The first-order chi connectivity index (χ1) is 5.97. The first kappa shape index (κ1) is 11.7. The van der Waals surface area contributed by atoms with E-state index in [1.165, 1.54) is 0 Å². The second-order valence-corrected chi connectivity index (χ2v) is 21.4. The summed E-state index contributed by atoms with van der Waals surface area (Å²) in [7, 11) is 0. The average molecular weight is 358 g/mol. The average Bonchev–Trinajstić information content (AvgIpc) is 2.26. The molecule has 0 aromatic rings. The molecule has 0 aliphatic rings. The fourth-order valence-electron chi connectivity index (χ4n) is 0.340. The fourth-order valence-corrected chi connectivity index (χ4v) is 2.78. The van der Waals surface area contributed by atoms with Crippen LogP contribution in [0.3, 0.4) is 0 Å². The molecule has 0 saturated heterocycles. The van der Waals surface area contributed by atoms with Crippen LogP contribution in [0, 0.1) is 0 Å². The van der Waals surface area contributed by atoms with Gasteiger partial charge in [0.15, 0.2) is 0 Å². The predicted molar refractivity (Wildman–Crippen MR) is 40.5 cm³/mol. The molecule has 72 valence electrons. The third kappa shape index (κ3) is 0.985. The Morgan fingerprint density at radius 1 is 0.462 bits per heavy atom. The van der Waals surface area contributed by atoms with Crippen molar-refractivity contribution in [3.05, 3.63) is 0 Å². The van der Waals surface area contributed by atoms with Gasteiger partial charge in [-0.2, -0.15) is 0 Å². The van der Waals surface area contributed by atoms with Crippen molar-refractivity contribution in [1.82, 2.24) is 0 Å². The topological polar surface area (TPSA) is 102 Å². The van der Waals surface area contributed by atoms with Crippen molar-refractivity contribution < 1.29 is 42.3 Å². The molecule has 0 heterocycles. The van der Waals surface area contributed by atoms with Crippen LogP contribution >= 0.6 is 0 Å². The van der Waals surface area contributed by atoms with Crippen molar-refractivity contribution in [2.75, 3.05) is 0 Å². The molecule has 0 spiro atoms. The summed E-state index contributed by atoms with van der Waals surface area (Å²) >= 11 is -6.79. The van der Waals surface area contributed by atoms with Crippen LogP contribution in [0.15, 0.2) is 0 Å². The molecule has 0 fully saturated rings. The Morgan fingerprint density at radius 2 is 0.615 bits per heavy atom. The standard InChI is InChI=1S/6CHO.W/c6*1-2;/h6*1H;.